The van der Waals surface area contributed by atoms with Crippen LogP contribution in [0.2, 0.25) is 10.0 Å². The number of rotatable bonds is 4. The number of hydrogen-bond acceptors (Lipinski definition) is 4. The summed E-state index contributed by atoms with van der Waals surface area (Å²) in [7, 11) is 1.16. The van der Waals surface area contributed by atoms with Crippen molar-refractivity contribution in [3.05, 3.63) is 26.7 Å². The maximum atomic E-state index is 11.4. The van der Waals surface area contributed by atoms with Gasteiger partial charge in [0.25, 0.3) is 6.10 Å². The van der Waals surface area contributed by atoms with E-state index in [-0.39, 0.29) is 15.8 Å². The maximum absolute atomic E-state index is 11.4. The number of ether oxygens (including phenoxy) is 2. The first-order valence-electron chi connectivity index (χ1n) is 4.76. The van der Waals surface area contributed by atoms with Crippen LogP contribution >= 0.6 is 39.1 Å². The Balaban J connectivity index is 3.09. The minimum atomic E-state index is -1.38. The predicted octanol–water partition coefficient (Wildman–Crippen LogP) is 3.27. The molecule has 0 aliphatic carbocycles. The Morgan fingerprint density at radius 1 is 1.28 bits per heavy atom. The summed E-state index contributed by atoms with van der Waals surface area (Å²) in [5, 5.41) is 0.369. The van der Waals surface area contributed by atoms with E-state index in [4.69, 9.17) is 27.9 Å². The molecular formula is C11H9BrCl2O4. The Morgan fingerprint density at radius 2 is 1.78 bits per heavy atom. The van der Waals surface area contributed by atoms with Crippen LogP contribution in [0.15, 0.2) is 16.6 Å². The van der Waals surface area contributed by atoms with Crippen molar-refractivity contribution in [3.8, 4) is 5.75 Å². The van der Waals surface area contributed by atoms with Gasteiger partial charge in [0, 0.05) is 4.47 Å². The average molecular weight is 356 g/mol. The molecule has 0 aliphatic rings. The number of benzene rings is 1. The van der Waals surface area contributed by atoms with Crippen molar-refractivity contribution in [3.63, 3.8) is 0 Å². The van der Waals surface area contributed by atoms with Gasteiger partial charge in [-0.15, -0.1) is 0 Å². The third-order valence-electron chi connectivity index (χ3n) is 1.98. The van der Waals surface area contributed by atoms with Crippen LogP contribution in [0.25, 0.3) is 0 Å². The fraction of sp³-hybridized carbons (Fsp3) is 0.273. The van der Waals surface area contributed by atoms with E-state index in [1.165, 1.54) is 19.1 Å². The van der Waals surface area contributed by atoms with E-state index < -0.39 is 17.9 Å². The Morgan fingerprint density at radius 3 is 2.17 bits per heavy atom. The predicted molar refractivity (Wildman–Crippen MR) is 71.3 cm³/mol. The van der Waals surface area contributed by atoms with Gasteiger partial charge in [-0.25, -0.2) is 4.79 Å². The summed E-state index contributed by atoms with van der Waals surface area (Å²) in [4.78, 5) is 22.7. The zero-order valence-corrected chi connectivity index (χ0v) is 12.6. The zero-order valence-electron chi connectivity index (χ0n) is 9.50. The molecule has 0 N–H and O–H groups in total. The monoisotopic (exact) mass is 354 g/mol. The summed E-state index contributed by atoms with van der Waals surface area (Å²) in [6.07, 6.45) is -1.38. The van der Waals surface area contributed by atoms with E-state index in [1.54, 1.807) is 0 Å². The summed E-state index contributed by atoms with van der Waals surface area (Å²) < 4.78 is 10.4. The first kappa shape index (κ1) is 15.3. The fourth-order valence-electron chi connectivity index (χ4n) is 1.16. The molecule has 0 amide bonds. The lowest BCUT2D eigenvalue weighted by Gasteiger charge is -2.16. The topological polar surface area (TPSA) is 52.6 Å². The van der Waals surface area contributed by atoms with Crippen molar-refractivity contribution >= 4 is 50.9 Å². The number of ketones is 1. The number of carbonyl (C=O) groups excluding carboxylic acids is 2. The highest BCUT2D eigenvalue weighted by Gasteiger charge is 2.28. The van der Waals surface area contributed by atoms with Crippen molar-refractivity contribution in [1.29, 1.82) is 0 Å². The number of methoxy groups -OCH3 is 1. The molecule has 0 aliphatic heterocycles. The van der Waals surface area contributed by atoms with Gasteiger partial charge in [-0.1, -0.05) is 39.1 Å². The van der Waals surface area contributed by atoms with Crippen LogP contribution in [0.5, 0.6) is 5.75 Å². The Bertz CT molecular complexity index is 467. The molecule has 0 aromatic heterocycles. The van der Waals surface area contributed by atoms with Crippen molar-refractivity contribution < 1.29 is 19.1 Å². The minimum Gasteiger partial charge on any atom is -0.468 e. The van der Waals surface area contributed by atoms with E-state index in [9.17, 15) is 9.59 Å². The van der Waals surface area contributed by atoms with Crippen molar-refractivity contribution in [2.24, 2.45) is 0 Å². The molecule has 7 heteroatoms. The number of esters is 1. The van der Waals surface area contributed by atoms with E-state index in [1.807, 2.05) is 0 Å². The van der Waals surface area contributed by atoms with Gasteiger partial charge in [-0.3, -0.25) is 4.79 Å². The Labute approximate surface area is 122 Å². The normalized spacial score (nSPS) is 11.8. The summed E-state index contributed by atoms with van der Waals surface area (Å²) in [6.45, 7) is 1.21. The molecule has 0 saturated heterocycles. The van der Waals surface area contributed by atoms with Crippen molar-refractivity contribution in [1.82, 2.24) is 0 Å². The van der Waals surface area contributed by atoms with Crippen LogP contribution in [-0.4, -0.2) is 25.0 Å². The van der Waals surface area contributed by atoms with Gasteiger partial charge in [0.05, 0.1) is 17.2 Å². The van der Waals surface area contributed by atoms with Crippen LogP contribution < -0.4 is 4.74 Å². The molecule has 1 aromatic carbocycles. The highest BCUT2D eigenvalue weighted by Crippen LogP contribution is 2.36. The minimum absolute atomic E-state index is 0.0622. The van der Waals surface area contributed by atoms with Gasteiger partial charge < -0.3 is 9.47 Å². The number of halogens is 3. The second-order valence-corrected chi connectivity index (χ2v) is 5.06. The molecular weight excluding hydrogens is 347 g/mol. The maximum Gasteiger partial charge on any atom is 0.354 e. The second kappa shape index (κ2) is 6.41. The molecule has 1 aromatic rings. The third kappa shape index (κ3) is 3.60. The molecule has 0 saturated carbocycles. The summed E-state index contributed by atoms with van der Waals surface area (Å²) in [6, 6.07) is 3.08. The molecule has 0 heterocycles. The van der Waals surface area contributed by atoms with Crippen LogP contribution in [0.3, 0.4) is 0 Å². The number of hydrogen-bond donors (Lipinski definition) is 0. The molecule has 98 valence electrons. The quantitative estimate of drug-likeness (QED) is 0.614. The van der Waals surface area contributed by atoms with Crippen molar-refractivity contribution in [2.75, 3.05) is 7.11 Å². The first-order valence-corrected chi connectivity index (χ1v) is 6.31. The molecule has 4 nitrogen and oxygen atoms in total. The molecule has 0 radical (unpaired) electrons. The van der Waals surface area contributed by atoms with Gasteiger partial charge in [0.1, 0.15) is 0 Å². The molecule has 18 heavy (non-hydrogen) atoms. The Kier molecular flexibility index (Phi) is 5.44. The second-order valence-electron chi connectivity index (χ2n) is 3.33. The lowest BCUT2D eigenvalue weighted by atomic mass is 10.2. The first-order chi connectivity index (χ1) is 8.36. The lowest BCUT2D eigenvalue weighted by molar-refractivity contribution is -0.152. The van der Waals surface area contributed by atoms with Gasteiger partial charge in [0.15, 0.2) is 11.5 Å². The molecule has 1 rings (SSSR count). The van der Waals surface area contributed by atoms with E-state index >= 15 is 0 Å². The molecule has 0 bridgehead atoms. The van der Waals surface area contributed by atoms with Gasteiger partial charge in [-0.05, 0) is 19.1 Å². The third-order valence-corrected chi connectivity index (χ3v) is 3.00. The molecule has 0 spiro atoms. The summed E-state index contributed by atoms with van der Waals surface area (Å²) >= 11 is 15.1. The van der Waals surface area contributed by atoms with Gasteiger partial charge in [-0.2, -0.15) is 0 Å². The lowest BCUT2D eigenvalue weighted by Crippen LogP contribution is -2.35. The molecule has 1 unspecified atom stereocenters. The standard InChI is InChI=1S/C11H9BrCl2O4/c1-5(15)9(11(16)17-2)18-10-7(13)3-6(12)4-8(10)14/h3-4,9H,1-2H3. The summed E-state index contributed by atoms with van der Waals surface area (Å²) in [5.41, 5.74) is 0. The largest absolute Gasteiger partial charge is 0.468 e. The zero-order chi connectivity index (χ0) is 13.9. The van der Waals surface area contributed by atoms with Crippen LogP contribution in [0, 0.1) is 0 Å². The van der Waals surface area contributed by atoms with E-state index in [0.29, 0.717) is 4.47 Å². The van der Waals surface area contributed by atoms with E-state index in [0.717, 1.165) is 7.11 Å². The highest BCUT2D eigenvalue weighted by atomic mass is 79.9. The van der Waals surface area contributed by atoms with Crippen LogP contribution in [0.1, 0.15) is 6.92 Å². The van der Waals surface area contributed by atoms with Crippen LogP contribution in [-0.2, 0) is 14.3 Å². The summed E-state index contributed by atoms with van der Waals surface area (Å²) in [5.74, 6) is -1.25. The SMILES string of the molecule is COC(=O)C(Oc1c(Cl)cc(Br)cc1Cl)C(C)=O. The van der Waals surface area contributed by atoms with Crippen LogP contribution in [0.4, 0.5) is 0 Å². The van der Waals surface area contributed by atoms with Gasteiger partial charge >= 0.3 is 5.97 Å². The molecule has 1 atom stereocenters. The van der Waals surface area contributed by atoms with Gasteiger partial charge in [0.2, 0.25) is 0 Å². The highest BCUT2D eigenvalue weighted by molar-refractivity contribution is 9.10. The van der Waals surface area contributed by atoms with E-state index in [2.05, 4.69) is 20.7 Å². The molecule has 0 fully saturated rings. The number of Topliss-reactive ketones (excluding diaryl/α,β-unsaturated/α-hetero) is 1. The smallest absolute Gasteiger partial charge is 0.354 e. The Hall–Kier alpha value is -0.780. The van der Waals surface area contributed by atoms with Crippen molar-refractivity contribution in [2.45, 2.75) is 13.0 Å². The average Bonchev–Trinajstić information content (AvgIpc) is 2.26. The number of carbonyl (C=O) groups is 2. The fourth-order valence-corrected chi connectivity index (χ4v) is 2.46.